The molecular weight excluding hydrogens is 200 g/mol. The van der Waals surface area contributed by atoms with E-state index in [1.807, 2.05) is 16.9 Å². The van der Waals surface area contributed by atoms with Crippen molar-refractivity contribution in [1.29, 1.82) is 0 Å². The van der Waals surface area contributed by atoms with Gasteiger partial charge in [-0.1, -0.05) is 6.42 Å². The van der Waals surface area contributed by atoms with Gasteiger partial charge in [-0.05, 0) is 32.8 Å². The van der Waals surface area contributed by atoms with Crippen molar-refractivity contribution >= 4 is 5.82 Å². The second kappa shape index (κ2) is 4.87. The molecule has 4 nitrogen and oxygen atoms in total. The summed E-state index contributed by atoms with van der Waals surface area (Å²) in [7, 11) is 0. The van der Waals surface area contributed by atoms with Gasteiger partial charge in [-0.15, -0.1) is 0 Å². The van der Waals surface area contributed by atoms with Crippen LogP contribution in [0.3, 0.4) is 0 Å². The van der Waals surface area contributed by atoms with E-state index < -0.39 is 0 Å². The van der Waals surface area contributed by atoms with Crippen molar-refractivity contribution in [2.45, 2.75) is 51.7 Å². The van der Waals surface area contributed by atoms with E-state index in [9.17, 15) is 0 Å². The third kappa shape index (κ3) is 2.55. The molecule has 1 fully saturated rings. The van der Waals surface area contributed by atoms with Crippen LogP contribution in [0, 0.1) is 0 Å². The number of rotatable bonds is 3. The zero-order valence-electron chi connectivity index (χ0n) is 10.3. The maximum atomic E-state index is 5.60. The summed E-state index contributed by atoms with van der Waals surface area (Å²) < 4.78 is 1.93. The number of anilines is 1. The van der Waals surface area contributed by atoms with Crippen LogP contribution in [0.1, 0.15) is 33.1 Å². The minimum atomic E-state index is 0.611. The molecule has 2 atom stereocenters. The van der Waals surface area contributed by atoms with Crippen LogP contribution < -0.4 is 5.73 Å². The van der Waals surface area contributed by atoms with Gasteiger partial charge in [0.2, 0.25) is 0 Å². The molecule has 90 valence electrons. The lowest BCUT2D eigenvalue weighted by Gasteiger charge is -2.38. The zero-order valence-corrected chi connectivity index (χ0v) is 10.3. The van der Waals surface area contributed by atoms with Crippen molar-refractivity contribution in [1.82, 2.24) is 14.7 Å². The van der Waals surface area contributed by atoms with Crippen LogP contribution in [-0.4, -0.2) is 33.3 Å². The van der Waals surface area contributed by atoms with Crippen LogP contribution in [-0.2, 0) is 6.54 Å². The van der Waals surface area contributed by atoms with Gasteiger partial charge in [0.15, 0.2) is 0 Å². The molecule has 4 heteroatoms. The van der Waals surface area contributed by atoms with Gasteiger partial charge in [0.05, 0.1) is 6.54 Å². The molecule has 0 unspecified atom stereocenters. The van der Waals surface area contributed by atoms with Crippen molar-refractivity contribution in [2.24, 2.45) is 0 Å². The van der Waals surface area contributed by atoms with Crippen LogP contribution in [0.25, 0.3) is 0 Å². The Bertz CT molecular complexity index is 324. The quantitative estimate of drug-likeness (QED) is 0.847. The normalized spacial score (nSPS) is 27.1. The van der Waals surface area contributed by atoms with Crippen LogP contribution in [0.5, 0.6) is 0 Å². The van der Waals surface area contributed by atoms with Gasteiger partial charge in [-0.3, -0.25) is 9.58 Å². The van der Waals surface area contributed by atoms with Gasteiger partial charge < -0.3 is 5.73 Å². The fourth-order valence-corrected chi connectivity index (χ4v) is 2.64. The van der Waals surface area contributed by atoms with E-state index in [-0.39, 0.29) is 0 Å². The van der Waals surface area contributed by atoms with Gasteiger partial charge in [0.25, 0.3) is 0 Å². The fraction of sp³-hybridized carbons (Fsp3) is 0.750. The highest BCUT2D eigenvalue weighted by Crippen LogP contribution is 2.21. The van der Waals surface area contributed by atoms with Crippen molar-refractivity contribution in [2.75, 3.05) is 12.3 Å². The first kappa shape index (κ1) is 11.5. The van der Waals surface area contributed by atoms with Crippen molar-refractivity contribution in [3.63, 3.8) is 0 Å². The highest BCUT2D eigenvalue weighted by atomic mass is 15.3. The molecular formula is C12H22N4. The third-order valence-electron chi connectivity index (χ3n) is 3.62. The van der Waals surface area contributed by atoms with E-state index in [0.29, 0.717) is 17.9 Å². The highest BCUT2D eigenvalue weighted by Gasteiger charge is 2.23. The molecule has 2 N–H and O–H groups in total. The zero-order chi connectivity index (χ0) is 11.5. The number of likely N-dealkylation sites (tertiary alicyclic amines) is 1. The standard InChI is InChI=1S/C12H22N4/c1-10-4-3-5-11(2)16(10)9-8-15-7-6-12(13)14-15/h6-7,10-11H,3-5,8-9H2,1-2H3,(H2,13,14)/t10-,11+. The Labute approximate surface area is 97.4 Å². The van der Waals surface area contributed by atoms with Gasteiger partial charge in [0, 0.05) is 24.8 Å². The summed E-state index contributed by atoms with van der Waals surface area (Å²) in [6.45, 7) is 6.66. The van der Waals surface area contributed by atoms with Crippen molar-refractivity contribution < 1.29 is 0 Å². The van der Waals surface area contributed by atoms with Crippen LogP contribution in [0.4, 0.5) is 5.82 Å². The summed E-state index contributed by atoms with van der Waals surface area (Å²) >= 11 is 0. The molecule has 0 aromatic carbocycles. The predicted molar refractivity (Wildman–Crippen MR) is 66.1 cm³/mol. The minimum Gasteiger partial charge on any atom is -0.382 e. The van der Waals surface area contributed by atoms with E-state index in [2.05, 4.69) is 23.8 Å². The lowest BCUT2D eigenvalue weighted by molar-refractivity contribution is 0.0979. The van der Waals surface area contributed by atoms with Gasteiger partial charge in [0.1, 0.15) is 5.82 Å². The molecule has 2 rings (SSSR count). The molecule has 1 saturated heterocycles. The summed E-state index contributed by atoms with van der Waals surface area (Å²) in [6, 6.07) is 3.26. The molecule has 1 aliphatic heterocycles. The number of nitrogen functional groups attached to an aromatic ring is 1. The second-order valence-corrected chi connectivity index (χ2v) is 4.87. The number of nitrogens with zero attached hydrogens (tertiary/aromatic N) is 3. The molecule has 0 amide bonds. The molecule has 0 radical (unpaired) electrons. The molecule has 2 heterocycles. The van der Waals surface area contributed by atoms with Crippen molar-refractivity contribution in [3.8, 4) is 0 Å². The summed E-state index contributed by atoms with van der Waals surface area (Å²) in [5.74, 6) is 0.611. The second-order valence-electron chi connectivity index (χ2n) is 4.87. The monoisotopic (exact) mass is 222 g/mol. The Morgan fingerprint density at radius 2 is 2.00 bits per heavy atom. The van der Waals surface area contributed by atoms with Crippen LogP contribution in [0.2, 0.25) is 0 Å². The first-order valence-corrected chi connectivity index (χ1v) is 6.21. The number of aromatic nitrogens is 2. The smallest absolute Gasteiger partial charge is 0.145 e. The molecule has 1 aromatic heterocycles. The van der Waals surface area contributed by atoms with Gasteiger partial charge in [-0.2, -0.15) is 5.10 Å². The van der Waals surface area contributed by atoms with E-state index in [0.717, 1.165) is 13.1 Å². The molecule has 0 bridgehead atoms. The third-order valence-corrected chi connectivity index (χ3v) is 3.62. The first-order valence-electron chi connectivity index (χ1n) is 6.21. The fourth-order valence-electron chi connectivity index (χ4n) is 2.64. The average Bonchev–Trinajstić information content (AvgIpc) is 2.63. The summed E-state index contributed by atoms with van der Waals surface area (Å²) in [6.07, 6.45) is 5.97. The van der Waals surface area contributed by atoms with E-state index in [1.54, 1.807) is 0 Å². The summed E-state index contributed by atoms with van der Waals surface area (Å²) in [5.41, 5.74) is 5.60. The Morgan fingerprint density at radius 1 is 1.31 bits per heavy atom. The van der Waals surface area contributed by atoms with E-state index in [1.165, 1.54) is 19.3 Å². The summed E-state index contributed by atoms with van der Waals surface area (Å²) in [5, 5.41) is 4.21. The number of hydrogen-bond donors (Lipinski definition) is 1. The largest absolute Gasteiger partial charge is 0.382 e. The van der Waals surface area contributed by atoms with Crippen LogP contribution in [0.15, 0.2) is 12.3 Å². The maximum Gasteiger partial charge on any atom is 0.145 e. The maximum absolute atomic E-state index is 5.60. The van der Waals surface area contributed by atoms with Crippen LogP contribution >= 0.6 is 0 Å². The molecule has 1 aliphatic rings. The lowest BCUT2D eigenvalue weighted by Crippen LogP contribution is -2.45. The summed E-state index contributed by atoms with van der Waals surface area (Å²) in [4.78, 5) is 2.58. The average molecular weight is 222 g/mol. The Morgan fingerprint density at radius 3 is 2.56 bits per heavy atom. The van der Waals surface area contributed by atoms with E-state index >= 15 is 0 Å². The van der Waals surface area contributed by atoms with Gasteiger partial charge >= 0.3 is 0 Å². The molecule has 0 saturated carbocycles. The molecule has 0 aliphatic carbocycles. The number of nitrogens with two attached hydrogens (primary N) is 1. The lowest BCUT2D eigenvalue weighted by atomic mass is 9.98. The molecule has 16 heavy (non-hydrogen) atoms. The first-order chi connectivity index (χ1) is 7.66. The predicted octanol–water partition coefficient (Wildman–Crippen LogP) is 1.73. The SMILES string of the molecule is C[C@@H]1CCC[C@H](C)N1CCn1ccc(N)n1. The highest BCUT2D eigenvalue weighted by molar-refractivity contribution is 5.23. The van der Waals surface area contributed by atoms with Crippen molar-refractivity contribution in [3.05, 3.63) is 12.3 Å². The van der Waals surface area contributed by atoms with E-state index in [4.69, 9.17) is 5.73 Å². The molecule has 1 aromatic rings. The number of piperidine rings is 1. The Hall–Kier alpha value is -1.03. The Balaban J connectivity index is 1.88. The topological polar surface area (TPSA) is 47.1 Å². The number of hydrogen-bond acceptors (Lipinski definition) is 3. The minimum absolute atomic E-state index is 0.611. The molecule has 0 spiro atoms. The Kier molecular flexibility index (Phi) is 3.49. The van der Waals surface area contributed by atoms with Gasteiger partial charge in [-0.25, -0.2) is 0 Å².